The Balaban J connectivity index is 1.58. The van der Waals surface area contributed by atoms with Gasteiger partial charge in [-0.3, -0.25) is 0 Å². The Hall–Kier alpha value is -0.657. The zero-order valence-corrected chi connectivity index (χ0v) is 29.4. The fourth-order valence-corrected chi connectivity index (χ4v) is 18.9. The van der Waals surface area contributed by atoms with Crippen molar-refractivity contribution in [3.8, 4) is 11.5 Å². The molecule has 4 aliphatic carbocycles. The second-order valence-electron chi connectivity index (χ2n) is 11.4. The third kappa shape index (κ3) is 6.11. The van der Waals surface area contributed by atoms with Crippen LogP contribution in [0, 0.1) is 19.0 Å². The minimum absolute atomic E-state index is 0.633. The van der Waals surface area contributed by atoms with Crippen molar-refractivity contribution in [1.29, 1.82) is 0 Å². The van der Waals surface area contributed by atoms with Gasteiger partial charge in [0.1, 0.15) is 0 Å². The molecule has 6 rings (SSSR count). The molecule has 2 saturated carbocycles. The second-order valence-corrected chi connectivity index (χ2v) is 20.8. The van der Waals surface area contributed by atoms with Crippen molar-refractivity contribution < 1.29 is 26.8 Å². The van der Waals surface area contributed by atoms with Crippen LogP contribution in [-0.2, 0) is 21.1 Å². The molecule has 2 aromatic carbocycles. The number of benzene rings is 2. The molecule has 0 aliphatic heterocycles. The normalized spacial score (nSPS) is 20.8. The van der Waals surface area contributed by atoms with Gasteiger partial charge in [0.25, 0.3) is 0 Å². The second kappa shape index (κ2) is 13.1. The molecule has 0 bridgehead atoms. The third-order valence-corrected chi connectivity index (χ3v) is 19.6. The average Bonchev–Trinajstić information content (AvgIpc) is 3.67. The first-order valence-corrected chi connectivity index (χ1v) is 21.4. The van der Waals surface area contributed by atoms with Gasteiger partial charge in [0, 0.05) is 0 Å². The van der Waals surface area contributed by atoms with Gasteiger partial charge in [-0.05, 0) is 0 Å². The Morgan fingerprint density at radius 3 is 1.38 bits per heavy atom. The summed E-state index contributed by atoms with van der Waals surface area (Å²) >= 11 is 0.647. The molecular weight excluding hydrogens is 785 g/mol. The number of halogens is 2. The molecule has 0 amide bonds. The molecule has 0 saturated heterocycles. The topological polar surface area (TPSA) is 18.5 Å². The van der Waals surface area contributed by atoms with Crippen LogP contribution in [0.3, 0.4) is 0 Å². The molecule has 5 heteroatoms. The van der Waals surface area contributed by atoms with Crippen molar-refractivity contribution in [1.82, 2.24) is 0 Å². The summed E-state index contributed by atoms with van der Waals surface area (Å²) in [5.41, 5.74) is 3.12. The van der Waals surface area contributed by atoms with E-state index in [0.717, 1.165) is 24.3 Å². The molecule has 0 aromatic heterocycles. The molecule has 2 fully saturated rings. The van der Waals surface area contributed by atoms with Gasteiger partial charge >= 0.3 is 270 Å². The fourth-order valence-electron chi connectivity index (χ4n) is 7.10. The molecule has 39 heavy (non-hydrogen) atoms. The third-order valence-electron chi connectivity index (χ3n) is 9.00. The number of rotatable bonds is 8. The van der Waals surface area contributed by atoms with Gasteiger partial charge in [0.2, 0.25) is 0 Å². The van der Waals surface area contributed by atoms with Crippen LogP contribution < -0.4 is 5.63 Å². The molecule has 2 nitrogen and oxygen atoms in total. The summed E-state index contributed by atoms with van der Waals surface area (Å²) in [5, 5.41) is 0. The first-order valence-electron chi connectivity index (χ1n) is 14.8. The van der Waals surface area contributed by atoms with Crippen molar-refractivity contribution in [2.24, 2.45) is 11.8 Å². The summed E-state index contributed by atoms with van der Waals surface area (Å²) in [5.74, 6) is 3.25. The first-order chi connectivity index (χ1) is 19.2. The number of hydrogen-bond donors (Lipinski definition) is 0. The zero-order chi connectivity index (χ0) is 26.7. The van der Waals surface area contributed by atoms with E-state index < -0.39 is 21.1 Å². The maximum atomic E-state index is 7.58. The van der Waals surface area contributed by atoms with Crippen molar-refractivity contribution in [2.75, 3.05) is 0 Å². The molecule has 4 aliphatic rings. The van der Waals surface area contributed by atoms with Crippen LogP contribution in [0.1, 0.15) is 77.0 Å². The van der Waals surface area contributed by atoms with Gasteiger partial charge in [-0.2, -0.15) is 0 Å². The van der Waals surface area contributed by atoms with E-state index in [1.807, 2.05) is 0 Å². The van der Waals surface area contributed by atoms with Gasteiger partial charge in [0.05, 0.1) is 0 Å². The monoisotopic (exact) mass is 822 g/mol. The predicted octanol–water partition coefficient (Wildman–Crippen LogP) is 10.9. The number of hydrogen-bond acceptors (Lipinski definition) is 2. The van der Waals surface area contributed by atoms with E-state index >= 15 is 0 Å². The van der Waals surface area contributed by atoms with Crippen molar-refractivity contribution in [3.05, 3.63) is 97.7 Å². The van der Waals surface area contributed by atoms with E-state index in [9.17, 15) is 0 Å². The molecule has 2 aromatic rings. The van der Waals surface area contributed by atoms with Crippen molar-refractivity contribution >= 4 is 45.2 Å². The zero-order valence-electron chi connectivity index (χ0n) is 22.6. The summed E-state index contributed by atoms with van der Waals surface area (Å²) in [6.07, 6.45) is 24.9. The SMILES string of the molecule is Ic1ccccc1[O][Zr]([O]c1ccccc1I)([C]1=C(C2CCCCC2)C=CC1)[C]1=C(C2CCCCC2)C=CC1. The summed E-state index contributed by atoms with van der Waals surface area (Å²) in [6.45, 7) is 0. The average molecular weight is 824 g/mol. The van der Waals surface area contributed by atoms with Crippen LogP contribution in [0.15, 0.2) is 90.5 Å². The van der Waals surface area contributed by atoms with Gasteiger partial charge < -0.3 is 0 Å². The van der Waals surface area contributed by atoms with Crippen molar-refractivity contribution in [3.63, 3.8) is 0 Å². The molecule has 0 spiro atoms. The molecule has 0 heterocycles. The van der Waals surface area contributed by atoms with Gasteiger partial charge in [-0.25, -0.2) is 0 Å². The molecule has 0 radical (unpaired) electrons. The summed E-state index contributed by atoms with van der Waals surface area (Å²) < 4.78 is 20.6. The Morgan fingerprint density at radius 2 is 0.974 bits per heavy atom. The van der Waals surface area contributed by atoms with E-state index in [1.54, 1.807) is 11.1 Å². The molecule has 0 atom stereocenters. The predicted molar refractivity (Wildman–Crippen MR) is 174 cm³/mol. The fraction of sp³-hybridized carbons (Fsp3) is 0.412. The quantitative estimate of drug-likeness (QED) is 0.247. The maximum absolute atomic E-state index is 7.58. The Morgan fingerprint density at radius 1 is 0.564 bits per heavy atom. The van der Waals surface area contributed by atoms with Crippen LogP contribution in [0.25, 0.3) is 0 Å². The van der Waals surface area contributed by atoms with E-state index in [1.165, 1.54) is 77.9 Å². The standard InChI is InChI=1S/2C11H15.2C6H5IO.Zr/c2*1-2-6-10(7-3-1)11-8-4-5-9-11;2*7-5-3-1-2-4-6(5)8;/h2*4,8,10H,1-3,5-7H2;2*1-4,8H;/q;;;;+2/p-2. The van der Waals surface area contributed by atoms with E-state index in [4.69, 9.17) is 5.63 Å². The van der Waals surface area contributed by atoms with Gasteiger partial charge in [-0.15, -0.1) is 0 Å². The minimum atomic E-state index is -4.25. The van der Waals surface area contributed by atoms with Crippen LogP contribution >= 0.6 is 45.2 Å². The Labute approximate surface area is 267 Å². The van der Waals surface area contributed by atoms with Gasteiger partial charge in [0.15, 0.2) is 0 Å². The van der Waals surface area contributed by atoms with Crippen LogP contribution in [0.4, 0.5) is 0 Å². The van der Waals surface area contributed by atoms with Gasteiger partial charge in [-0.1, -0.05) is 0 Å². The number of allylic oxidation sites excluding steroid dienone is 8. The Kier molecular flexibility index (Phi) is 9.57. The summed E-state index contributed by atoms with van der Waals surface area (Å²) in [4.78, 5) is 0. The van der Waals surface area contributed by atoms with Crippen LogP contribution in [-0.4, -0.2) is 0 Å². The molecule has 0 unspecified atom stereocenters. The first kappa shape index (κ1) is 28.5. The van der Waals surface area contributed by atoms with E-state index in [0.29, 0.717) is 11.8 Å². The molecule has 204 valence electrons. The van der Waals surface area contributed by atoms with Crippen LogP contribution in [0.5, 0.6) is 11.5 Å². The van der Waals surface area contributed by atoms with Crippen LogP contribution in [0.2, 0.25) is 0 Å². The number of para-hydroxylation sites is 2. The summed E-state index contributed by atoms with van der Waals surface area (Å²) in [7, 11) is 0. The van der Waals surface area contributed by atoms with E-state index in [2.05, 4.69) is 118 Å². The summed E-state index contributed by atoms with van der Waals surface area (Å²) in [6, 6.07) is 17.1. The van der Waals surface area contributed by atoms with Crippen molar-refractivity contribution in [2.45, 2.75) is 77.0 Å². The molecular formula is C34H38I2O2Zr. The Bertz CT molecular complexity index is 1210. The molecule has 0 N–H and O–H groups in total. The van der Waals surface area contributed by atoms with E-state index in [-0.39, 0.29) is 0 Å².